The molecule has 2 amide bonds. The third kappa shape index (κ3) is 2.07. The molecule has 0 saturated carbocycles. The van der Waals surface area contributed by atoms with Gasteiger partial charge in [-0.15, -0.1) is 4.73 Å². The quantitative estimate of drug-likeness (QED) is 0.673. The molecular weight excluding hydrogens is 228 g/mol. The summed E-state index contributed by atoms with van der Waals surface area (Å²) in [6.07, 6.45) is 2.35. The second-order valence-corrected chi connectivity index (χ2v) is 3.34. The number of carbonyl (C=O) groups excluding carboxylic acids is 2. The number of imide groups is 1. The number of aromatic nitrogens is 1. The van der Waals surface area contributed by atoms with E-state index < -0.39 is 11.8 Å². The van der Waals surface area contributed by atoms with E-state index in [2.05, 4.69) is 0 Å². The van der Waals surface area contributed by atoms with Gasteiger partial charge < -0.3 is 15.1 Å². The van der Waals surface area contributed by atoms with Gasteiger partial charge in [0.15, 0.2) is 0 Å². The maximum atomic E-state index is 11.2. The van der Waals surface area contributed by atoms with Crippen LogP contribution in [-0.4, -0.2) is 44.8 Å². The highest BCUT2D eigenvalue weighted by molar-refractivity contribution is 6.12. The minimum absolute atomic E-state index is 0.0328. The second-order valence-electron chi connectivity index (χ2n) is 3.34. The van der Waals surface area contributed by atoms with Gasteiger partial charge in [0.25, 0.3) is 11.8 Å². The fourth-order valence-electron chi connectivity index (χ4n) is 1.41. The van der Waals surface area contributed by atoms with E-state index >= 15 is 0 Å². The zero-order valence-corrected chi connectivity index (χ0v) is 8.74. The standard InChI is InChI=1S/C10H10N2O5/c13-7-1-2-8(14)11(7)5-6-17-12-9(15)3-4-10(12)16/h1-4,15-16H,5-6H2. The van der Waals surface area contributed by atoms with E-state index in [1.165, 1.54) is 24.3 Å². The summed E-state index contributed by atoms with van der Waals surface area (Å²) in [6.45, 7) is 0.0106. The summed E-state index contributed by atoms with van der Waals surface area (Å²) in [7, 11) is 0. The summed E-state index contributed by atoms with van der Waals surface area (Å²) in [4.78, 5) is 28.3. The maximum Gasteiger partial charge on any atom is 0.253 e. The van der Waals surface area contributed by atoms with Crippen LogP contribution in [0.1, 0.15) is 0 Å². The predicted molar refractivity (Wildman–Crippen MR) is 55.1 cm³/mol. The summed E-state index contributed by atoms with van der Waals surface area (Å²) >= 11 is 0. The molecule has 0 aliphatic carbocycles. The first-order valence-electron chi connectivity index (χ1n) is 4.86. The molecule has 1 aliphatic heterocycles. The highest BCUT2D eigenvalue weighted by Gasteiger charge is 2.23. The molecule has 0 unspecified atom stereocenters. The Kier molecular flexibility index (Phi) is 2.73. The lowest BCUT2D eigenvalue weighted by Gasteiger charge is -2.14. The zero-order chi connectivity index (χ0) is 12.4. The van der Waals surface area contributed by atoms with Crippen molar-refractivity contribution in [1.29, 1.82) is 0 Å². The Morgan fingerprint density at radius 2 is 1.59 bits per heavy atom. The molecule has 7 nitrogen and oxygen atoms in total. The van der Waals surface area contributed by atoms with Gasteiger partial charge in [-0.25, -0.2) is 0 Å². The van der Waals surface area contributed by atoms with Gasteiger partial charge >= 0.3 is 0 Å². The van der Waals surface area contributed by atoms with E-state index in [0.29, 0.717) is 0 Å². The van der Waals surface area contributed by atoms with Crippen molar-refractivity contribution in [2.75, 3.05) is 13.2 Å². The van der Waals surface area contributed by atoms with E-state index in [0.717, 1.165) is 9.63 Å². The molecule has 7 heteroatoms. The first-order chi connectivity index (χ1) is 8.09. The smallest absolute Gasteiger partial charge is 0.253 e. The van der Waals surface area contributed by atoms with Gasteiger partial charge in [0.05, 0.1) is 6.54 Å². The Balaban J connectivity index is 1.88. The number of rotatable bonds is 4. The number of hydrogen-bond acceptors (Lipinski definition) is 5. The Hall–Kier alpha value is -2.44. The van der Waals surface area contributed by atoms with Crippen LogP contribution in [0.25, 0.3) is 0 Å². The highest BCUT2D eigenvalue weighted by atomic mass is 16.7. The lowest BCUT2D eigenvalue weighted by atomic mass is 10.5. The molecular formula is C10H10N2O5. The molecule has 2 N–H and O–H groups in total. The van der Waals surface area contributed by atoms with Crippen LogP contribution in [0.4, 0.5) is 0 Å². The van der Waals surface area contributed by atoms with Crippen LogP contribution >= 0.6 is 0 Å². The predicted octanol–water partition coefficient (Wildman–Crippen LogP) is -0.747. The van der Waals surface area contributed by atoms with Crippen molar-refractivity contribution in [3.8, 4) is 11.8 Å². The molecule has 1 aromatic heterocycles. The van der Waals surface area contributed by atoms with E-state index in [4.69, 9.17) is 4.84 Å². The highest BCUT2D eigenvalue weighted by Crippen LogP contribution is 2.18. The van der Waals surface area contributed by atoms with Crippen LogP contribution in [0.2, 0.25) is 0 Å². The van der Waals surface area contributed by atoms with Gasteiger partial charge in [-0.3, -0.25) is 14.5 Å². The Bertz CT molecular complexity index is 453. The number of carbonyl (C=O) groups is 2. The molecule has 1 aromatic rings. The van der Waals surface area contributed by atoms with Gasteiger partial charge in [0.1, 0.15) is 6.61 Å². The molecule has 0 atom stereocenters. The average Bonchev–Trinajstić information content (AvgIpc) is 2.77. The SMILES string of the molecule is O=C1C=CC(=O)N1CCOn1c(O)ccc1O. The van der Waals surface area contributed by atoms with Crippen molar-refractivity contribution in [1.82, 2.24) is 9.63 Å². The minimum atomic E-state index is -0.403. The van der Waals surface area contributed by atoms with E-state index in [-0.39, 0.29) is 24.9 Å². The normalized spacial score (nSPS) is 14.7. The lowest BCUT2D eigenvalue weighted by molar-refractivity contribution is -0.137. The molecule has 0 fully saturated rings. The fraction of sp³-hybridized carbons (Fsp3) is 0.200. The first-order valence-corrected chi connectivity index (χ1v) is 4.86. The Labute approximate surface area is 96.1 Å². The molecule has 90 valence electrons. The molecule has 0 spiro atoms. The lowest BCUT2D eigenvalue weighted by Crippen LogP contribution is -2.35. The third-order valence-corrected chi connectivity index (χ3v) is 2.23. The molecule has 0 bridgehead atoms. The van der Waals surface area contributed by atoms with E-state index in [1.807, 2.05) is 0 Å². The fourth-order valence-corrected chi connectivity index (χ4v) is 1.41. The largest absolute Gasteiger partial charge is 0.492 e. The number of hydrogen-bond donors (Lipinski definition) is 2. The van der Waals surface area contributed by atoms with Gasteiger partial charge in [0.2, 0.25) is 11.8 Å². The zero-order valence-electron chi connectivity index (χ0n) is 8.74. The summed E-state index contributed by atoms with van der Waals surface area (Å²) < 4.78 is 0.804. The van der Waals surface area contributed by atoms with Crippen LogP contribution in [0.15, 0.2) is 24.3 Å². The van der Waals surface area contributed by atoms with Gasteiger partial charge in [0, 0.05) is 24.3 Å². The number of aromatic hydroxyl groups is 2. The van der Waals surface area contributed by atoms with Crippen molar-refractivity contribution in [3.63, 3.8) is 0 Å². The van der Waals surface area contributed by atoms with Crippen LogP contribution in [0.5, 0.6) is 11.8 Å². The van der Waals surface area contributed by atoms with Gasteiger partial charge in [-0.1, -0.05) is 0 Å². The summed E-state index contributed by atoms with van der Waals surface area (Å²) in [6, 6.07) is 2.51. The second kappa shape index (κ2) is 4.20. The van der Waals surface area contributed by atoms with Gasteiger partial charge in [-0.2, -0.15) is 0 Å². The molecule has 0 saturated heterocycles. The first kappa shape index (κ1) is 11.1. The van der Waals surface area contributed by atoms with Crippen molar-refractivity contribution in [2.24, 2.45) is 0 Å². The monoisotopic (exact) mass is 238 g/mol. The van der Waals surface area contributed by atoms with Crippen molar-refractivity contribution in [2.45, 2.75) is 0 Å². The Morgan fingerprint density at radius 3 is 2.12 bits per heavy atom. The number of amides is 2. The van der Waals surface area contributed by atoms with E-state index in [1.54, 1.807) is 0 Å². The van der Waals surface area contributed by atoms with Crippen LogP contribution < -0.4 is 4.84 Å². The van der Waals surface area contributed by atoms with Crippen molar-refractivity contribution < 1.29 is 24.6 Å². The van der Waals surface area contributed by atoms with Crippen LogP contribution in [-0.2, 0) is 9.59 Å². The van der Waals surface area contributed by atoms with Gasteiger partial charge in [-0.05, 0) is 0 Å². The number of nitrogens with zero attached hydrogens (tertiary/aromatic N) is 2. The van der Waals surface area contributed by atoms with E-state index in [9.17, 15) is 19.8 Å². The maximum absolute atomic E-state index is 11.2. The molecule has 17 heavy (non-hydrogen) atoms. The molecule has 0 radical (unpaired) electrons. The van der Waals surface area contributed by atoms with Crippen LogP contribution in [0, 0.1) is 0 Å². The molecule has 1 aliphatic rings. The molecule has 2 heterocycles. The summed E-state index contributed by atoms with van der Waals surface area (Å²) in [5.74, 6) is -1.33. The third-order valence-electron chi connectivity index (χ3n) is 2.23. The summed E-state index contributed by atoms with van der Waals surface area (Å²) in [5, 5.41) is 18.5. The summed E-state index contributed by atoms with van der Waals surface area (Å²) in [5.41, 5.74) is 0. The topological polar surface area (TPSA) is 92.0 Å². The molecule has 0 aromatic carbocycles. The van der Waals surface area contributed by atoms with Crippen molar-refractivity contribution >= 4 is 11.8 Å². The van der Waals surface area contributed by atoms with Crippen molar-refractivity contribution in [3.05, 3.63) is 24.3 Å². The average molecular weight is 238 g/mol. The minimum Gasteiger partial charge on any atom is -0.492 e. The Morgan fingerprint density at radius 1 is 1.06 bits per heavy atom. The molecule has 2 rings (SSSR count). The van der Waals surface area contributed by atoms with Crippen LogP contribution in [0.3, 0.4) is 0 Å².